The number of hydrogen-bond donors (Lipinski definition) is 1. The molecule has 1 aliphatic heterocycles. The number of hydrogen-bond acceptors (Lipinski definition) is 2. The van der Waals surface area contributed by atoms with Crippen molar-refractivity contribution >= 4 is 28.4 Å². The molecule has 118 valence electrons. The van der Waals surface area contributed by atoms with Crippen LogP contribution in [-0.4, -0.2) is 39.7 Å². The van der Waals surface area contributed by atoms with Gasteiger partial charge in [0.1, 0.15) is 5.69 Å². The fraction of sp³-hybridized carbons (Fsp3) is 0.471. The lowest BCUT2D eigenvalue weighted by atomic mass is 9.99. The van der Waals surface area contributed by atoms with Crippen molar-refractivity contribution in [2.24, 2.45) is 7.05 Å². The average Bonchev–Trinajstić information content (AvgIpc) is 2.80. The van der Waals surface area contributed by atoms with Crippen molar-refractivity contribution in [2.75, 3.05) is 13.2 Å². The number of aliphatic hydroxyl groups excluding tert-OH is 1. The van der Waals surface area contributed by atoms with Gasteiger partial charge >= 0.3 is 0 Å². The molecule has 2 aromatic rings. The summed E-state index contributed by atoms with van der Waals surface area (Å²) < 4.78 is 1.88. The average molecular weight is 321 g/mol. The number of aryl methyl sites for hydroxylation is 1. The van der Waals surface area contributed by atoms with Crippen molar-refractivity contribution in [1.82, 2.24) is 9.47 Å². The summed E-state index contributed by atoms with van der Waals surface area (Å²) in [6, 6.07) is 7.90. The minimum Gasteiger partial charge on any atom is -0.396 e. The Morgan fingerprint density at radius 2 is 2.14 bits per heavy atom. The Balaban J connectivity index is 2.01. The standard InChI is InChI=1S/C17H21ClN2O2/c1-19-14-8-3-2-7-13(14)15(18)16(19)17(22)20-10-5-4-6-12(20)9-11-21/h2-3,7-8,12,21H,4-6,9-11H2,1H3. The van der Waals surface area contributed by atoms with Gasteiger partial charge in [0.2, 0.25) is 0 Å². The fourth-order valence-electron chi connectivity index (χ4n) is 3.44. The number of aliphatic hydroxyl groups is 1. The number of likely N-dealkylation sites (tertiary alicyclic amines) is 1. The predicted octanol–water partition coefficient (Wildman–Crippen LogP) is 3.21. The monoisotopic (exact) mass is 320 g/mol. The molecule has 1 aromatic heterocycles. The van der Waals surface area contributed by atoms with E-state index >= 15 is 0 Å². The highest BCUT2D eigenvalue weighted by molar-refractivity contribution is 6.38. The highest BCUT2D eigenvalue weighted by Crippen LogP contribution is 2.32. The number of benzene rings is 1. The maximum absolute atomic E-state index is 13.0. The van der Waals surface area contributed by atoms with Crippen LogP contribution in [0.2, 0.25) is 5.02 Å². The normalized spacial score (nSPS) is 18.9. The summed E-state index contributed by atoms with van der Waals surface area (Å²) in [5.41, 5.74) is 1.51. The molecule has 1 amide bonds. The molecule has 0 saturated carbocycles. The number of fused-ring (bicyclic) bond motifs is 1. The first-order valence-corrected chi connectivity index (χ1v) is 8.17. The van der Waals surface area contributed by atoms with Crippen LogP contribution < -0.4 is 0 Å². The van der Waals surface area contributed by atoms with Crippen LogP contribution in [0.15, 0.2) is 24.3 Å². The van der Waals surface area contributed by atoms with Crippen LogP contribution in [0.3, 0.4) is 0 Å². The summed E-state index contributed by atoms with van der Waals surface area (Å²) >= 11 is 6.48. The number of amides is 1. The lowest BCUT2D eigenvalue weighted by Gasteiger charge is -2.35. The Morgan fingerprint density at radius 3 is 2.86 bits per heavy atom. The van der Waals surface area contributed by atoms with Crippen molar-refractivity contribution in [3.8, 4) is 0 Å². The number of carbonyl (C=O) groups is 1. The minimum absolute atomic E-state index is 0.0261. The van der Waals surface area contributed by atoms with Crippen molar-refractivity contribution in [1.29, 1.82) is 0 Å². The third-order valence-corrected chi connectivity index (χ3v) is 4.98. The summed E-state index contributed by atoms with van der Waals surface area (Å²) in [5, 5.41) is 10.7. The number of carbonyl (C=O) groups excluding carboxylic acids is 1. The van der Waals surface area contributed by atoms with Crippen LogP contribution in [0.5, 0.6) is 0 Å². The van der Waals surface area contributed by atoms with Gasteiger partial charge in [-0.25, -0.2) is 0 Å². The van der Waals surface area contributed by atoms with Gasteiger partial charge < -0.3 is 14.6 Å². The third-order valence-electron chi connectivity index (χ3n) is 4.60. The maximum Gasteiger partial charge on any atom is 0.272 e. The minimum atomic E-state index is -0.0261. The molecule has 1 aromatic carbocycles. The molecule has 1 atom stereocenters. The van der Waals surface area contributed by atoms with Gasteiger partial charge in [-0.15, -0.1) is 0 Å². The van der Waals surface area contributed by atoms with E-state index in [2.05, 4.69) is 0 Å². The van der Waals surface area contributed by atoms with E-state index in [1.807, 2.05) is 40.8 Å². The number of para-hydroxylation sites is 1. The number of rotatable bonds is 3. The molecule has 1 unspecified atom stereocenters. The third kappa shape index (κ3) is 2.50. The Kier molecular flexibility index (Phi) is 4.41. The van der Waals surface area contributed by atoms with Gasteiger partial charge in [0.05, 0.1) is 5.02 Å². The highest BCUT2D eigenvalue weighted by atomic mass is 35.5. The van der Waals surface area contributed by atoms with Gasteiger partial charge in [0.25, 0.3) is 5.91 Å². The first-order chi connectivity index (χ1) is 10.6. The SMILES string of the molecule is Cn1c(C(=O)N2CCCCC2CCO)c(Cl)c2ccccc21. The first kappa shape index (κ1) is 15.4. The molecule has 5 heteroatoms. The van der Waals surface area contributed by atoms with Crippen LogP contribution in [0, 0.1) is 0 Å². The zero-order valence-electron chi connectivity index (χ0n) is 12.8. The molecule has 1 aliphatic rings. The molecule has 0 aliphatic carbocycles. The van der Waals surface area contributed by atoms with Crippen LogP contribution in [0.1, 0.15) is 36.2 Å². The molecular weight excluding hydrogens is 300 g/mol. The zero-order valence-corrected chi connectivity index (χ0v) is 13.5. The summed E-state index contributed by atoms with van der Waals surface area (Å²) in [6.07, 6.45) is 3.70. The van der Waals surface area contributed by atoms with Gasteiger partial charge in [-0.1, -0.05) is 29.8 Å². The Bertz CT molecular complexity index is 654. The predicted molar refractivity (Wildman–Crippen MR) is 88.3 cm³/mol. The van der Waals surface area contributed by atoms with E-state index < -0.39 is 0 Å². The molecule has 0 spiro atoms. The van der Waals surface area contributed by atoms with Crippen molar-refractivity contribution < 1.29 is 9.90 Å². The summed E-state index contributed by atoms with van der Waals surface area (Å²) in [4.78, 5) is 14.9. The van der Waals surface area contributed by atoms with Crippen molar-refractivity contribution in [3.05, 3.63) is 35.0 Å². The van der Waals surface area contributed by atoms with Crippen molar-refractivity contribution in [3.63, 3.8) is 0 Å². The van der Waals surface area contributed by atoms with Gasteiger partial charge in [-0.2, -0.15) is 0 Å². The molecule has 1 fully saturated rings. The van der Waals surface area contributed by atoms with E-state index in [-0.39, 0.29) is 18.6 Å². The zero-order chi connectivity index (χ0) is 15.7. The molecule has 1 saturated heterocycles. The van der Waals surface area contributed by atoms with Gasteiger partial charge in [-0.3, -0.25) is 4.79 Å². The van der Waals surface area contributed by atoms with Gasteiger partial charge in [0.15, 0.2) is 0 Å². The van der Waals surface area contributed by atoms with Crippen molar-refractivity contribution in [2.45, 2.75) is 31.7 Å². The van der Waals surface area contributed by atoms with Crippen LogP contribution in [0.4, 0.5) is 0 Å². The lowest BCUT2D eigenvalue weighted by Crippen LogP contribution is -2.44. The second-order valence-electron chi connectivity index (χ2n) is 5.90. The van der Waals surface area contributed by atoms with E-state index in [0.29, 0.717) is 17.1 Å². The van der Waals surface area contributed by atoms with E-state index in [1.54, 1.807) is 0 Å². The first-order valence-electron chi connectivity index (χ1n) is 7.80. The molecule has 4 nitrogen and oxygen atoms in total. The number of aromatic nitrogens is 1. The molecular formula is C17H21ClN2O2. The van der Waals surface area contributed by atoms with E-state index in [4.69, 9.17) is 11.6 Å². The summed E-state index contributed by atoms with van der Waals surface area (Å²) in [6.45, 7) is 0.846. The Labute approximate surface area is 135 Å². The van der Waals surface area contributed by atoms with E-state index in [9.17, 15) is 9.90 Å². The molecule has 0 radical (unpaired) electrons. The Morgan fingerprint density at radius 1 is 1.36 bits per heavy atom. The second-order valence-corrected chi connectivity index (χ2v) is 6.28. The number of nitrogens with zero attached hydrogens (tertiary/aromatic N) is 2. The largest absolute Gasteiger partial charge is 0.396 e. The molecule has 2 heterocycles. The van der Waals surface area contributed by atoms with E-state index in [1.165, 1.54) is 0 Å². The Hall–Kier alpha value is -1.52. The topological polar surface area (TPSA) is 45.5 Å². The van der Waals surface area contributed by atoms with Crippen LogP contribution in [0.25, 0.3) is 10.9 Å². The second kappa shape index (κ2) is 6.31. The molecule has 3 rings (SSSR count). The number of halogens is 1. The molecule has 1 N–H and O–H groups in total. The summed E-state index contributed by atoms with van der Waals surface area (Å²) in [5.74, 6) is -0.0261. The maximum atomic E-state index is 13.0. The fourth-order valence-corrected chi connectivity index (χ4v) is 3.80. The smallest absolute Gasteiger partial charge is 0.272 e. The summed E-state index contributed by atoms with van der Waals surface area (Å²) in [7, 11) is 1.88. The van der Waals surface area contributed by atoms with Gasteiger partial charge in [0, 0.05) is 37.1 Å². The quantitative estimate of drug-likeness (QED) is 0.944. The van der Waals surface area contributed by atoms with Gasteiger partial charge in [-0.05, 0) is 31.7 Å². The molecule has 22 heavy (non-hydrogen) atoms. The van der Waals surface area contributed by atoms with Crippen LogP contribution >= 0.6 is 11.6 Å². The number of piperidine rings is 1. The van der Waals surface area contributed by atoms with E-state index in [0.717, 1.165) is 36.7 Å². The molecule has 0 bridgehead atoms. The lowest BCUT2D eigenvalue weighted by molar-refractivity contribution is 0.0565. The highest BCUT2D eigenvalue weighted by Gasteiger charge is 2.30. The van der Waals surface area contributed by atoms with Crippen LogP contribution in [-0.2, 0) is 7.05 Å².